The second-order valence-electron chi connectivity index (χ2n) is 13.5. The zero-order valence-electron chi connectivity index (χ0n) is 28.9. The molecule has 46 heavy (non-hydrogen) atoms. The number of nitrogens with one attached hydrogen (secondary N) is 4. The number of carbonyl (C=O) groups is 6. The van der Waals surface area contributed by atoms with Gasteiger partial charge in [0.15, 0.2) is 5.78 Å². The van der Waals surface area contributed by atoms with Crippen LogP contribution in [0.15, 0.2) is 12.7 Å². The van der Waals surface area contributed by atoms with E-state index in [4.69, 9.17) is 0 Å². The van der Waals surface area contributed by atoms with Gasteiger partial charge in [0, 0.05) is 25.0 Å². The number of unbranched alkanes of at least 4 members (excludes halogenated alkanes) is 1. The third kappa shape index (κ3) is 14.3. The molecule has 1 aliphatic heterocycles. The number of rotatable bonds is 13. The van der Waals surface area contributed by atoms with Crippen LogP contribution in [-0.4, -0.2) is 77.3 Å². The monoisotopic (exact) mass is 665 g/mol. The molecule has 12 heteroatoms. The summed E-state index contributed by atoms with van der Waals surface area (Å²) in [6.45, 7) is 16.7. The van der Waals surface area contributed by atoms with Crippen LogP contribution in [0.3, 0.4) is 0 Å². The number of amides is 5. The summed E-state index contributed by atoms with van der Waals surface area (Å²) in [5.41, 5.74) is -0.405. The number of thiol groups is 1. The number of hydrogen-bond acceptors (Lipinski definition) is 7. The van der Waals surface area contributed by atoms with Crippen molar-refractivity contribution in [3.8, 4) is 0 Å². The van der Waals surface area contributed by atoms with Gasteiger partial charge in [-0.1, -0.05) is 72.8 Å². The first-order chi connectivity index (χ1) is 21.7. The lowest BCUT2D eigenvalue weighted by atomic mass is 9.81. The molecule has 5 amide bonds. The van der Waals surface area contributed by atoms with Crippen LogP contribution in [0.25, 0.3) is 0 Å². The maximum Gasteiger partial charge on any atom is 0.316 e. The highest BCUT2D eigenvalue weighted by atomic mass is 32.1. The number of likely N-dealkylation sites (tertiary alicyclic amines) is 1. The van der Waals surface area contributed by atoms with Crippen molar-refractivity contribution < 1.29 is 28.8 Å². The van der Waals surface area contributed by atoms with Gasteiger partial charge in [0.25, 0.3) is 11.7 Å². The van der Waals surface area contributed by atoms with E-state index in [0.717, 1.165) is 57.9 Å². The molecule has 4 N–H and O–H groups in total. The zero-order chi connectivity index (χ0) is 34.9. The minimum atomic E-state index is -1.10. The Hall–Kier alpha value is -2.89. The molecule has 0 radical (unpaired) electrons. The maximum absolute atomic E-state index is 13.2. The first-order valence-corrected chi connectivity index (χ1v) is 17.5. The molecular weight excluding hydrogens is 606 g/mol. The molecule has 3 aliphatic rings. The molecule has 0 aromatic carbocycles. The van der Waals surface area contributed by atoms with E-state index in [1.807, 2.05) is 25.7 Å². The summed E-state index contributed by atoms with van der Waals surface area (Å²) < 4.78 is 0. The number of nitrogens with zero attached hydrogens (tertiary/aromatic N) is 1. The zero-order valence-corrected chi connectivity index (χ0v) is 29.8. The van der Waals surface area contributed by atoms with Crippen LogP contribution >= 0.6 is 12.6 Å². The molecule has 2 aliphatic carbocycles. The van der Waals surface area contributed by atoms with E-state index in [2.05, 4.69) is 61.2 Å². The van der Waals surface area contributed by atoms with Crippen LogP contribution in [0.5, 0.6) is 0 Å². The molecule has 2 saturated carbocycles. The van der Waals surface area contributed by atoms with E-state index >= 15 is 0 Å². The van der Waals surface area contributed by atoms with Crippen LogP contribution < -0.4 is 21.3 Å². The summed E-state index contributed by atoms with van der Waals surface area (Å²) in [5, 5.41) is 9.16. The van der Waals surface area contributed by atoms with Crippen molar-refractivity contribution in [3.63, 3.8) is 0 Å². The Balaban J connectivity index is 0.000000519. The molecule has 3 fully saturated rings. The minimum absolute atomic E-state index is 0.0135. The molecule has 4 atom stereocenters. The summed E-state index contributed by atoms with van der Waals surface area (Å²) in [6.07, 6.45) is 13.7. The fraction of sp³-hybridized carbons (Fsp3) is 0.765. The van der Waals surface area contributed by atoms with Crippen molar-refractivity contribution in [2.75, 3.05) is 13.1 Å². The highest BCUT2D eigenvalue weighted by Crippen LogP contribution is 2.35. The largest absolute Gasteiger partial charge is 0.346 e. The molecule has 3 rings (SSSR count). The lowest BCUT2D eigenvalue weighted by molar-refractivity contribution is -0.138. The van der Waals surface area contributed by atoms with Gasteiger partial charge in [-0.25, -0.2) is 4.79 Å². The van der Waals surface area contributed by atoms with Gasteiger partial charge in [-0.3, -0.25) is 24.0 Å². The van der Waals surface area contributed by atoms with E-state index < -0.39 is 34.6 Å². The highest BCUT2D eigenvalue weighted by molar-refractivity contribution is 7.82. The van der Waals surface area contributed by atoms with Gasteiger partial charge >= 0.3 is 6.03 Å². The molecule has 0 bridgehead atoms. The van der Waals surface area contributed by atoms with Crippen molar-refractivity contribution in [1.29, 1.82) is 0 Å². The number of urea groups is 1. The lowest BCUT2D eigenvalue weighted by Gasteiger charge is -2.36. The Bertz CT molecular complexity index is 1020. The van der Waals surface area contributed by atoms with Crippen molar-refractivity contribution in [1.82, 2.24) is 26.2 Å². The SMILES string of the molecule is C=CCNC(=O)C(=O)C(S)NC=O.CCCC.C[C@@H]1CCCN1C(=O)C(NC(=O)NC(C(=O)C1CC1)C1CCCCC1)C(C)(C)C. The van der Waals surface area contributed by atoms with E-state index in [0.29, 0.717) is 6.41 Å². The molecule has 1 saturated heterocycles. The van der Waals surface area contributed by atoms with Crippen molar-refractivity contribution in [2.45, 2.75) is 136 Å². The lowest BCUT2D eigenvalue weighted by Crippen LogP contribution is -2.59. The Morgan fingerprint density at radius 3 is 2.00 bits per heavy atom. The highest BCUT2D eigenvalue weighted by Gasteiger charge is 2.42. The van der Waals surface area contributed by atoms with Gasteiger partial charge in [-0.2, -0.15) is 0 Å². The molecule has 0 aromatic heterocycles. The molecule has 11 nitrogen and oxygen atoms in total. The fourth-order valence-electron chi connectivity index (χ4n) is 5.42. The summed E-state index contributed by atoms with van der Waals surface area (Å²) in [5.74, 6) is -1.08. The quantitative estimate of drug-likeness (QED) is 0.0650. The number of Topliss-reactive ketones (excluding diaryl/α,β-unsaturated/α-hetero) is 2. The summed E-state index contributed by atoms with van der Waals surface area (Å²) in [6, 6.07) is -1.19. The second-order valence-corrected chi connectivity index (χ2v) is 14.1. The average molecular weight is 666 g/mol. The number of carbonyl (C=O) groups excluding carboxylic acids is 6. The van der Waals surface area contributed by atoms with Crippen LogP contribution in [-0.2, 0) is 24.0 Å². The Morgan fingerprint density at radius 2 is 1.54 bits per heavy atom. The minimum Gasteiger partial charge on any atom is -0.346 e. The van der Waals surface area contributed by atoms with E-state index in [-0.39, 0.29) is 42.1 Å². The third-order valence-electron chi connectivity index (χ3n) is 8.52. The van der Waals surface area contributed by atoms with E-state index in [1.165, 1.54) is 25.3 Å². The predicted molar refractivity (Wildman–Crippen MR) is 184 cm³/mol. The standard InChI is InChI=1S/C23H39N3O3.C7H10N2O3S.C4H10/c1-15-9-8-14-26(15)21(28)20(23(2,3)4)25-22(29)24-18(19(27)17-12-13-17)16-10-6-5-7-11-16;1-2-3-8-6(12)5(11)7(13)9-4-10;1-3-4-2/h15-18,20H,5-14H2,1-4H3,(H2,24,25,29);2,4,7,13H,1,3H2,(H,8,12)(H,9,10);3-4H2,1-2H3/t15-,18?,20?;;/m1../s1. The van der Waals surface area contributed by atoms with Crippen molar-refractivity contribution in [2.24, 2.45) is 17.3 Å². The maximum atomic E-state index is 13.2. The number of hydrogen-bond donors (Lipinski definition) is 5. The first kappa shape index (κ1) is 41.1. The molecular formula is C34H59N5O6S. The summed E-state index contributed by atoms with van der Waals surface area (Å²) in [7, 11) is 0. The molecule has 0 spiro atoms. The first-order valence-electron chi connectivity index (χ1n) is 16.9. The predicted octanol–water partition coefficient (Wildman–Crippen LogP) is 4.31. The van der Waals surface area contributed by atoms with Crippen LogP contribution in [0, 0.1) is 17.3 Å². The van der Waals surface area contributed by atoms with Crippen molar-refractivity contribution >= 4 is 48.5 Å². The third-order valence-corrected chi connectivity index (χ3v) is 8.91. The van der Waals surface area contributed by atoms with Crippen molar-refractivity contribution in [3.05, 3.63) is 12.7 Å². The van der Waals surface area contributed by atoms with Crippen LogP contribution in [0.4, 0.5) is 4.79 Å². The van der Waals surface area contributed by atoms with E-state index in [9.17, 15) is 28.8 Å². The molecule has 262 valence electrons. The molecule has 0 aromatic rings. The van der Waals surface area contributed by atoms with Crippen LogP contribution in [0.2, 0.25) is 0 Å². The smallest absolute Gasteiger partial charge is 0.316 e. The van der Waals surface area contributed by atoms with Gasteiger partial charge in [0.2, 0.25) is 12.3 Å². The van der Waals surface area contributed by atoms with E-state index in [1.54, 1.807) is 0 Å². The van der Waals surface area contributed by atoms with Gasteiger partial charge in [-0.05, 0) is 56.8 Å². The normalized spacial score (nSPS) is 19.8. The second kappa shape index (κ2) is 21.1. The number of ketones is 2. The Labute approximate surface area is 281 Å². The summed E-state index contributed by atoms with van der Waals surface area (Å²) >= 11 is 3.69. The molecule has 3 unspecified atom stereocenters. The summed E-state index contributed by atoms with van der Waals surface area (Å²) in [4.78, 5) is 72.7. The van der Waals surface area contributed by atoms with Gasteiger partial charge in [0.1, 0.15) is 11.4 Å². The topological polar surface area (TPSA) is 154 Å². The Kier molecular flexibility index (Phi) is 18.8. The van der Waals surface area contributed by atoms with Crippen LogP contribution in [0.1, 0.15) is 112 Å². The average Bonchev–Trinajstić information content (AvgIpc) is 3.80. The Morgan fingerprint density at radius 1 is 0.935 bits per heavy atom. The van der Waals surface area contributed by atoms with Gasteiger partial charge < -0.3 is 26.2 Å². The fourth-order valence-corrected chi connectivity index (χ4v) is 5.59. The molecule has 1 heterocycles. The van der Waals surface area contributed by atoms with Gasteiger partial charge in [0.05, 0.1) is 6.04 Å². The van der Waals surface area contributed by atoms with Gasteiger partial charge in [-0.15, -0.1) is 19.2 Å².